The van der Waals surface area contributed by atoms with Gasteiger partial charge in [-0.2, -0.15) is 0 Å². The largest absolute Gasteiger partial charge is 0.481 e. The molecule has 210 valence electrons. The van der Waals surface area contributed by atoms with Crippen LogP contribution in [0.5, 0.6) is 11.5 Å². The fourth-order valence-electron chi connectivity index (χ4n) is 5.99. The molecule has 3 atom stereocenters. The van der Waals surface area contributed by atoms with Crippen LogP contribution in [0.1, 0.15) is 63.4 Å². The first-order valence-electron chi connectivity index (χ1n) is 14.0. The van der Waals surface area contributed by atoms with E-state index < -0.39 is 11.9 Å². The van der Waals surface area contributed by atoms with E-state index in [2.05, 4.69) is 6.92 Å². The van der Waals surface area contributed by atoms with E-state index in [1.54, 1.807) is 0 Å². The van der Waals surface area contributed by atoms with Gasteiger partial charge in [-0.05, 0) is 56.3 Å². The number of carboxylic acid groups (broad SMARTS) is 1. The molecule has 4 rings (SSSR count). The van der Waals surface area contributed by atoms with E-state index in [9.17, 15) is 19.5 Å². The monoisotopic (exact) mass is 530 g/mol. The van der Waals surface area contributed by atoms with Crippen LogP contribution in [0.15, 0.2) is 18.2 Å². The van der Waals surface area contributed by atoms with Gasteiger partial charge < -0.3 is 30.1 Å². The molecule has 38 heavy (non-hydrogen) atoms. The van der Waals surface area contributed by atoms with Crippen LogP contribution in [0.3, 0.4) is 0 Å². The summed E-state index contributed by atoms with van der Waals surface area (Å²) < 4.78 is 11.0. The Bertz CT molecular complexity index is 980. The van der Waals surface area contributed by atoms with E-state index in [0.29, 0.717) is 63.6 Å². The first-order chi connectivity index (χ1) is 18.4. The number of carbonyl (C=O) groups excluding carboxylic acids is 2. The average Bonchev–Trinajstić information content (AvgIpc) is 3.52. The van der Waals surface area contributed by atoms with Crippen molar-refractivity contribution in [2.24, 2.45) is 11.7 Å². The molecule has 0 aliphatic carbocycles. The van der Waals surface area contributed by atoms with Gasteiger partial charge in [-0.3, -0.25) is 19.3 Å². The molecule has 2 fully saturated rings. The number of nitrogens with two attached hydrogens (primary N) is 1. The van der Waals surface area contributed by atoms with Crippen LogP contribution in [0.4, 0.5) is 0 Å². The predicted molar refractivity (Wildman–Crippen MR) is 142 cm³/mol. The lowest BCUT2D eigenvalue weighted by Crippen LogP contribution is -2.46. The number of fused-ring (bicyclic) bond motifs is 1. The van der Waals surface area contributed by atoms with Gasteiger partial charge in [-0.25, -0.2) is 0 Å². The van der Waals surface area contributed by atoms with Gasteiger partial charge in [0.1, 0.15) is 0 Å². The molecule has 1 aromatic rings. The number of rotatable bonds is 13. The summed E-state index contributed by atoms with van der Waals surface area (Å²) in [6.45, 7) is 5.83. The lowest BCUT2D eigenvalue weighted by atomic mass is 9.84. The third-order valence-electron chi connectivity index (χ3n) is 8.08. The minimum Gasteiger partial charge on any atom is -0.481 e. The summed E-state index contributed by atoms with van der Waals surface area (Å²) in [7, 11) is 0. The van der Waals surface area contributed by atoms with Crippen molar-refractivity contribution in [1.82, 2.24) is 14.7 Å². The standard InChI is InChI=1S/C28H42N4O6/c1-2-3-12-30(14-6-11-29)26(34)18-32-17-21(20-8-9-23-24(16-20)38-19-37-23)27(28(35)36)22(32)10-15-31-13-5-4-7-25(31)33/h8-9,16,21-22,27H,2-7,10-15,17-19,29H2,1H3,(H,35,36)/t21-,22+,27-/m1/s1. The summed E-state index contributed by atoms with van der Waals surface area (Å²) in [6, 6.07) is 5.22. The molecular formula is C28H42N4O6. The highest BCUT2D eigenvalue weighted by Gasteiger charge is 2.47. The topological polar surface area (TPSA) is 126 Å². The zero-order valence-corrected chi connectivity index (χ0v) is 22.5. The molecule has 3 N–H and O–H groups in total. The summed E-state index contributed by atoms with van der Waals surface area (Å²) >= 11 is 0. The first kappa shape index (κ1) is 28.2. The van der Waals surface area contributed by atoms with Crippen molar-refractivity contribution in [2.45, 2.75) is 63.8 Å². The zero-order chi connectivity index (χ0) is 27.1. The van der Waals surface area contributed by atoms with E-state index in [4.69, 9.17) is 15.2 Å². The molecule has 3 aliphatic rings. The van der Waals surface area contributed by atoms with Gasteiger partial charge in [0.15, 0.2) is 11.5 Å². The Morgan fingerprint density at radius 3 is 2.68 bits per heavy atom. The molecule has 1 aromatic carbocycles. The molecule has 0 saturated carbocycles. The van der Waals surface area contributed by atoms with Crippen LogP contribution in [-0.4, -0.2) is 96.2 Å². The quantitative estimate of drug-likeness (QED) is 0.398. The summed E-state index contributed by atoms with van der Waals surface area (Å²) in [4.78, 5) is 44.4. The number of aliphatic carboxylic acids is 1. The number of likely N-dealkylation sites (tertiary alicyclic amines) is 2. The van der Waals surface area contributed by atoms with E-state index >= 15 is 0 Å². The van der Waals surface area contributed by atoms with E-state index in [1.807, 2.05) is 32.9 Å². The smallest absolute Gasteiger partial charge is 0.308 e. The van der Waals surface area contributed by atoms with Crippen LogP contribution in [-0.2, 0) is 14.4 Å². The van der Waals surface area contributed by atoms with Gasteiger partial charge in [-0.15, -0.1) is 0 Å². The Hall–Kier alpha value is -2.85. The van der Waals surface area contributed by atoms with Crippen LogP contribution in [0.25, 0.3) is 0 Å². The molecule has 0 aromatic heterocycles. The Labute approximate surface area is 225 Å². The molecule has 3 heterocycles. The summed E-state index contributed by atoms with van der Waals surface area (Å²) in [5, 5.41) is 10.4. The fourth-order valence-corrected chi connectivity index (χ4v) is 5.99. The van der Waals surface area contributed by atoms with Crippen molar-refractivity contribution in [3.05, 3.63) is 23.8 Å². The van der Waals surface area contributed by atoms with E-state index in [-0.39, 0.29) is 37.1 Å². The molecular weight excluding hydrogens is 488 g/mol. The zero-order valence-electron chi connectivity index (χ0n) is 22.5. The van der Waals surface area contributed by atoms with E-state index in [1.165, 1.54) is 0 Å². The summed E-state index contributed by atoms with van der Waals surface area (Å²) in [6.07, 6.45) is 5.54. The number of piperidine rings is 1. The lowest BCUT2D eigenvalue weighted by molar-refractivity contribution is -0.144. The Morgan fingerprint density at radius 1 is 1.16 bits per heavy atom. The second-order valence-electron chi connectivity index (χ2n) is 10.6. The van der Waals surface area contributed by atoms with Crippen LogP contribution >= 0.6 is 0 Å². The Kier molecular flexibility index (Phi) is 9.85. The molecule has 0 spiro atoms. The Morgan fingerprint density at radius 2 is 1.95 bits per heavy atom. The van der Waals surface area contributed by atoms with Crippen molar-refractivity contribution in [2.75, 3.05) is 52.6 Å². The summed E-state index contributed by atoms with van der Waals surface area (Å²) in [5.74, 6) is -0.517. The number of benzene rings is 1. The number of nitrogens with zero attached hydrogens (tertiary/aromatic N) is 3. The number of ether oxygens (including phenoxy) is 2. The van der Waals surface area contributed by atoms with Crippen molar-refractivity contribution in [3.8, 4) is 11.5 Å². The molecule has 2 amide bonds. The maximum absolute atomic E-state index is 13.5. The SMILES string of the molecule is CCCCN(CCCN)C(=O)CN1C[C@H](c2ccc3c(c2)OCO3)[C@@H](C(=O)O)[C@@H]1CCN1CCCCC1=O. The van der Waals surface area contributed by atoms with Crippen molar-refractivity contribution in [3.63, 3.8) is 0 Å². The summed E-state index contributed by atoms with van der Waals surface area (Å²) in [5.41, 5.74) is 6.58. The maximum Gasteiger partial charge on any atom is 0.308 e. The highest BCUT2D eigenvalue weighted by molar-refractivity contribution is 5.79. The van der Waals surface area contributed by atoms with Crippen LogP contribution < -0.4 is 15.2 Å². The second kappa shape index (κ2) is 13.3. The number of carboxylic acids is 1. The van der Waals surface area contributed by atoms with Gasteiger partial charge in [0.05, 0.1) is 12.5 Å². The normalized spacial score (nSPS) is 23.2. The van der Waals surface area contributed by atoms with Crippen LogP contribution in [0.2, 0.25) is 0 Å². The molecule has 10 heteroatoms. The minimum atomic E-state index is -0.886. The third-order valence-corrected chi connectivity index (χ3v) is 8.08. The predicted octanol–water partition coefficient (Wildman–Crippen LogP) is 2.26. The second-order valence-corrected chi connectivity index (χ2v) is 10.6. The van der Waals surface area contributed by atoms with Gasteiger partial charge in [-0.1, -0.05) is 19.4 Å². The average molecular weight is 531 g/mol. The molecule has 10 nitrogen and oxygen atoms in total. The van der Waals surface area contributed by atoms with Crippen LogP contribution in [0, 0.1) is 5.92 Å². The van der Waals surface area contributed by atoms with Crippen molar-refractivity contribution >= 4 is 17.8 Å². The molecule has 0 unspecified atom stereocenters. The fraction of sp³-hybridized carbons (Fsp3) is 0.679. The number of carbonyl (C=O) groups is 3. The lowest BCUT2D eigenvalue weighted by Gasteiger charge is -2.32. The van der Waals surface area contributed by atoms with Gasteiger partial charge in [0, 0.05) is 51.1 Å². The Balaban J connectivity index is 1.57. The molecule has 3 aliphatic heterocycles. The molecule has 0 radical (unpaired) electrons. The number of hydrogen-bond acceptors (Lipinski definition) is 7. The van der Waals surface area contributed by atoms with E-state index in [0.717, 1.165) is 37.7 Å². The number of unbranched alkanes of at least 4 members (excludes halogenated alkanes) is 1. The van der Waals surface area contributed by atoms with Gasteiger partial charge >= 0.3 is 5.97 Å². The maximum atomic E-state index is 13.5. The highest BCUT2D eigenvalue weighted by Crippen LogP contribution is 2.42. The first-order valence-corrected chi connectivity index (χ1v) is 14.0. The highest BCUT2D eigenvalue weighted by atomic mass is 16.7. The molecule has 0 bridgehead atoms. The third kappa shape index (κ3) is 6.58. The number of amides is 2. The van der Waals surface area contributed by atoms with Crippen molar-refractivity contribution < 1.29 is 29.0 Å². The van der Waals surface area contributed by atoms with Crippen molar-refractivity contribution in [1.29, 1.82) is 0 Å². The van der Waals surface area contributed by atoms with Gasteiger partial charge in [0.25, 0.3) is 0 Å². The number of hydrogen-bond donors (Lipinski definition) is 2. The molecule has 2 saturated heterocycles. The van der Waals surface area contributed by atoms with Gasteiger partial charge in [0.2, 0.25) is 18.6 Å². The minimum absolute atomic E-state index is 0.00132.